The average molecular weight is 336 g/mol. The Bertz CT molecular complexity index is 959. The van der Waals surface area contributed by atoms with Gasteiger partial charge in [-0.3, -0.25) is 9.59 Å². The van der Waals surface area contributed by atoms with Crippen molar-refractivity contribution in [2.45, 2.75) is 13.3 Å². The molecule has 1 heterocycles. The van der Waals surface area contributed by atoms with E-state index in [4.69, 9.17) is 4.74 Å². The molecule has 0 unspecified atom stereocenters. The van der Waals surface area contributed by atoms with Gasteiger partial charge in [-0.25, -0.2) is 0 Å². The number of carbonyl (C=O) groups is 1. The van der Waals surface area contributed by atoms with E-state index in [1.807, 2.05) is 31.2 Å². The molecule has 0 aliphatic heterocycles. The van der Waals surface area contributed by atoms with Crippen LogP contribution in [-0.2, 0) is 6.42 Å². The van der Waals surface area contributed by atoms with E-state index in [1.165, 1.54) is 0 Å². The van der Waals surface area contributed by atoms with Crippen LogP contribution in [0.3, 0.4) is 0 Å². The number of H-pyrrole nitrogens is 1. The van der Waals surface area contributed by atoms with Crippen molar-refractivity contribution in [3.05, 3.63) is 75.6 Å². The zero-order valence-corrected chi connectivity index (χ0v) is 14.3. The summed E-state index contributed by atoms with van der Waals surface area (Å²) in [6.45, 7) is 2.38. The van der Waals surface area contributed by atoms with E-state index >= 15 is 0 Å². The van der Waals surface area contributed by atoms with Crippen molar-refractivity contribution >= 4 is 16.8 Å². The molecule has 0 atom stereocenters. The highest BCUT2D eigenvalue weighted by molar-refractivity contribution is 5.94. The number of ether oxygens (including phenoxy) is 1. The van der Waals surface area contributed by atoms with Crippen LogP contribution in [0.5, 0.6) is 5.75 Å². The fourth-order valence-electron chi connectivity index (χ4n) is 2.70. The van der Waals surface area contributed by atoms with Gasteiger partial charge < -0.3 is 15.0 Å². The third kappa shape index (κ3) is 3.88. The Morgan fingerprint density at radius 2 is 1.88 bits per heavy atom. The van der Waals surface area contributed by atoms with Crippen LogP contribution < -0.4 is 15.6 Å². The number of fused-ring (bicyclic) bond motifs is 1. The molecule has 0 aliphatic rings. The SMILES string of the molecule is COc1ccc(C(=O)NCCc2cc3ccc(C)cc3[nH]c2=O)cc1. The molecule has 0 aliphatic carbocycles. The van der Waals surface area contributed by atoms with Gasteiger partial charge in [-0.2, -0.15) is 0 Å². The van der Waals surface area contributed by atoms with Gasteiger partial charge in [0.1, 0.15) is 5.75 Å². The van der Waals surface area contributed by atoms with Crippen molar-refractivity contribution in [2.24, 2.45) is 0 Å². The van der Waals surface area contributed by atoms with Crippen LogP contribution in [0.4, 0.5) is 0 Å². The number of rotatable bonds is 5. The Morgan fingerprint density at radius 3 is 2.60 bits per heavy atom. The number of hydrogen-bond donors (Lipinski definition) is 2. The van der Waals surface area contributed by atoms with E-state index in [0.29, 0.717) is 29.8 Å². The highest BCUT2D eigenvalue weighted by atomic mass is 16.5. The summed E-state index contributed by atoms with van der Waals surface area (Å²) < 4.78 is 5.07. The summed E-state index contributed by atoms with van der Waals surface area (Å²) in [4.78, 5) is 27.2. The van der Waals surface area contributed by atoms with E-state index in [0.717, 1.165) is 16.5 Å². The molecule has 0 saturated heterocycles. The van der Waals surface area contributed by atoms with Crippen molar-refractivity contribution in [3.8, 4) is 5.75 Å². The quantitative estimate of drug-likeness (QED) is 0.752. The van der Waals surface area contributed by atoms with Gasteiger partial charge in [-0.15, -0.1) is 0 Å². The van der Waals surface area contributed by atoms with Gasteiger partial charge in [0.2, 0.25) is 0 Å². The smallest absolute Gasteiger partial charge is 0.251 e. The lowest BCUT2D eigenvalue weighted by molar-refractivity contribution is 0.0954. The second-order valence-corrected chi connectivity index (χ2v) is 5.95. The lowest BCUT2D eigenvalue weighted by atomic mass is 10.1. The fraction of sp³-hybridized carbons (Fsp3) is 0.200. The second kappa shape index (κ2) is 7.21. The van der Waals surface area contributed by atoms with E-state index < -0.39 is 0 Å². The first kappa shape index (κ1) is 16.8. The molecular weight excluding hydrogens is 316 g/mol. The summed E-state index contributed by atoms with van der Waals surface area (Å²) in [7, 11) is 1.58. The maximum Gasteiger partial charge on any atom is 0.251 e. The van der Waals surface area contributed by atoms with Gasteiger partial charge in [0.25, 0.3) is 11.5 Å². The Hall–Kier alpha value is -3.08. The van der Waals surface area contributed by atoms with Crippen molar-refractivity contribution in [1.29, 1.82) is 0 Å². The zero-order valence-electron chi connectivity index (χ0n) is 14.3. The number of carbonyl (C=O) groups excluding carboxylic acids is 1. The summed E-state index contributed by atoms with van der Waals surface area (Å²) in [5.74, 6) is 0.532. The van der Waals surface area contributed by atoms with Crippen LogP contribution in [0.1, 0.15) is 21.5 Å². The number of benzene rings is 2. The van der Waals surface area contributed by atoms with E-state index in [1.54, 1.807) is 31.4 Å². The first-order valence-electron chi connectivity index (χ1n) is 8.11. The number of pyridine rings is 1. The second-order valence-electron chi connectivity index (χ2n) is 5.95. The summed E-state index contributed by atoms with van der Waals surface area (Å²) in [5.41, 5.74) is 3.03. The molecule has 0 radical (unpaired) electrons. The number of aromatic amines is 1. The predicted molar refractivity (Wildman–Crippen MR) is 98.3 cm³/mol. The number of methoxy groups -OCH3 is 1. The summed E-state index contributed by atoms with van der Waals surface area (Å²) in [5, 5.41) is 3.82. The predicted octanol–water partition coefficient (Wildman–Crippen LogP) is 2.82. The normalized spacial score (nSPS) is 10.6. The highest BCUT2D eigenvalue weighted by Gasteiger charge is 2.07. The minimum absolute atomic E-state index is 0.114. The first-order chi connectivity index (χ1) is 12.1. The van der Waals surface area contributed by atoms with Crippen LogP contribution in [0.25, 0.3) is 10.9 Å². The number of hydrogen-bond acceptors (Lipinski definition) is 3. The zero-order chi connectivity index (χ0) is 17.8. The van der Waals surface area contributed by atoms with Crippen molar-refractivity contribution in [2.75, 3.05) is 13.7 Å². The van der Waals surface area contributed by atoms with Crippen LogP contribution in [-0.4, -0.2) is 24.5 Å². The number of aromatic nitrogens is 1. The maximum absolute atomic E-state index is 12.2. The van der Waals surface area contributed by atoms with Gasteiger partial charge in [0, 0.05) is 23.2 Å². The maximum atomic E-state index is 12.2. The molecule has 0 bridgehead atoms. The highest BCUT2D eigenvalue weighted by Crippen LogP contribution is 2.13. The van der Waals surface area contributed by atoms with E-state index in [2.05, 4.69) is 10.3 Å². The van der Waals surface area contributed by atoms with Crippen LogP contribution in [0.15, 0.2) is 53.3 Å². The number of nitrogens with one attached hydrogen (secondary N) is 2. The van der Waals surface area contributed by atoms with Crippen molar-refractivity contribution < 1.29 is 9.53 Å². The minimum atomic E-state index is -0.171. The molecule has 25 heavy (non-hydrogen) atoms. The standard InChI is InChI=1S/C20H20N2O3/c1-13-3-4-15-12-16(20(24)22-18(15)11-13)9-10-21-19(23)14-5-7-17(25-2)8-6-14/h3-8,11-12H,9-10H2,1-2H3,(H,21,23)(H,22,24). The molecule has 1 amide bonds. The molecule has 0 spiro atoms. The first-order valence-corrected chi connectivity index (χ1v) is 8.11. The van der Waals surface area contributed by atoms with Crippen LogP contribution in [0, 0.1) is 6.92 Å². The van der Waals surface area contributed by atoms with Crippen LogP contribution >= 0.6 is 0 Å². The molecule has 5 heteroatoms. The molecule has 0 saturated carbocycles. The minimum Gasteiger partial charge on any atom is -0.497 e. The number of aryl methyl sites for hydroxylation is 1. The Labute approximate surface area is 145 Å². The number of amides is 1. The molecule has 0 fully saturated rings. The average Bonchev–Trinajstić information content (AvgIpc) is 2.62. The molecule has 3 rings (SSSR count). The lowest BCUT2D eigenvalue weighted by Crippen LogP contribution is -2.27. The van der Waals surface area contributed by atoms with Gasteiger partial charge in [-0.1, -0.05) is 12.1 Å². The van der Waals surface area contributed by atoms with Gasteiger partial charge in [-0.05, 0) is 60.7 Å². The molecule has 2 N–H and O–H groups in total. The molecule has 1 aromatic heterocycles. The Morgan fingerprint density at radius 1 is 1.12 bits per heavy atom. The third-order valence-electron chi connectivity index (χ3n) is 4.11. The summed E-state index contributed by atoms with van der Waals surface area (Å²) in [6, 6.07) is 14.7. The Kier molecular flexibility index (Phi) is 4.84. The largest absolute Gasteiger partial charge is 0.497 e. The van der Waals surface area contributed by atoms with Gasteiger partial charge >= 0.3 is 0 Å². The fourth-order valence-corrected chi connectivity index (χ4v) is 2.70. The molecule has 5 nitrogen and oxygen atoms in total. The van der Waals surface area contributed by atoms with Crippen molar-refractivity contribution in [3.63, 3.8) is 0 Å². The van der Waals surface area contributed by atoms with E-state index in [-0.39, 0.29) is 11.5 Å². The summed E-state index contributed by atoms with van der Waals surface area (Å²) in [6.07, 6.45) is 0.473. The molecule has 2 aromatic carbocycles. The van der Waals surface area contributed by atoms with Gasteiger partial charge in [0.05, 0.1) is 7.11 Å². The molecule has 3 aromatic rings. The van der Waals surface area contributed by atoms with Crippen LogP contribution in [0.2, 0.25) is 0 Å². The van der Waals surface area contributed by atoms with Gasteiger partial charge in [0.15, 0.2) is 0 Å². The molecule has 128 valence electrons. The lowest BCUT2D eigenvalue weighted by Gasteiger charge is -2.07. The molecular formula is C20H20N2O3. The summed E-state index contributed by atoms with van der Waals surface area (Å²) >= 11 is 0. The third-order valence-corrected chi connectivity index (χ3v) is 4.11. The Balaban J connectivity index is 1.66. The van der Waals surface area contributed by atoms with Crippen molar-refractivity contribution in [1.82, 2.24) is 10.3 Å². The topological polar surface area (TPSA) is 71.2 Å². The van der Waals surface area contributed by atoms with E-state index in [9.17, 15) is 9.59 Å². The monoisotopic (exact) mass is 336 g/mol.